The molecule has 0 saturated carbocycles. The number of carbonyl (C=O) groups excluding carboxylic acids is 1. The predicted octanol–water partition coefficient (Wildman–Crippen LogP) is 3.63. The number of alkyl halides is 3. The quantitative estimate of drug-likeness (QED) is 0.821. The first kappa shape index (κ1) is 20.1. The summed E-state index contributed by atoms with van der Waals surface area (Å²) in [6, 6.07) is 8.64. The van der Waals surface area contributed by atoms with E-state index in [4.69, 9.17) is 16.3 Å². The van der Waals surface area contributed by atoms with E-state index in [9.17, 15) is 26.4 Å². The van der Waals surface area contributed by atoms with Gasteiger partial charge in [-0.1, -0.05) is 23.7 Å². The van der Waals surface area contributed by atoms with Crippen molar-refractivity contribution in [3.8, 4) is 5.75 Å². The number of ether oxygens (including phenoxy) is 1. The number of sulfonamides is 1. The summed E-state index contributed by atoms with van der Waals surface area (Å²) in [5, 5.41) is -0.203. The summed E-state index contributed by atoms with van der Waals surface area (Å²) in [4.78, 5) is 11.8. The van der Waals surface area contributed by atoms with Crippen LogP contribution in [0, 0.1) is 0 Å². The average molecular weight is 408 g/mol. The Morgan fingerprint density at radius 2 is 1.88 bits per heavy atom. The first-order chi connectivity index (χ1) is 12.0. The number of rotatable bonds is 5. The molecule has 26 heavy (non-hydrogen) atoms. The summed E-state index contributed by atoms with van der Waals surface area (Å²) >= 11 is 5.80. The summed E-state index contributed by atoms with van der Waals surface area (Å²) in [6.45, 7) is -0.0783. The van der Waals surface area contributed by atoms with Crippen LogP contribution in [0.1, 0.15) is 21.5 Å². The first-order valence-corrected chi connectivity index (χ1v) is 9.33. The van der Waals surface area contributed by atoms with Crippen LogP contribution in [0.2, 0.25) is 5.02 Å². The van der Waals surface area contributed by atoms with Crippen molar-refractivity contribution >= 4 is 27.5 Å². The lowest BCUT2D eigenvalue weighted by Crippen LogP contribution is -2.29. The highest BCUT2D eigenvalue weighted by Crippen LogP contribution is 2.34. The molecule has 5 nitrogen and oxygen atoms in total. The SMILES string of the molecule is CS(=O)(=O)NC(=O)c1cccc(COc2ccc(C(F)(F)F)cc2Cl)c1. The Morgan fingerprint density at radius 3 is 2.46 bits per heavy atom. The Hall–Kier alpha value is -2.26. The maximum absolute atomic E-state index is 12.6. The molecule has 2 rings (SSSR count). The first-order valence-electron chi connectivity index (χ1n) is 7.06. The van der Waals surface area contributed by atoms with E-state index in [-0.39, 0.29) is 22.9 Å². The van der Waals surface area contributed by atoms with E-state index in [2.05, 4.69) is 0 Å². The third kappa shape index (κ3) is 5.63. The van der Waals surface area contributed by atoms with Gasteiger partial charge in [-0.15, -0.1) is 0 Å². The second-order valence-corrected chi connectivity index (χ2v) is 7.49. The van der Waals surface area contributed by atoms with Crippen LogP contribution in [0.4, 0.5) is 13.2 Å². The van der Waals surface area contributed by atoms with Crippen LogP contribution in [-0.2, 0) is 22.8 Å². The maximum Gasteiger partial charge on any atom is 0.416 e. The van der Waals surface area contributed by atoms with Crippen molar-refractivity contribution in [1.82, 2.24) is 4.72 Å². The zero-order valence-corrected chi connectivity index (χ0v) is 14.9. The van der Waals surface area contributed by atoms with Gasteiger partial charge in [0.25, 0.3) is 5.91 Å². The topological polar surface area (TPSA) is 72.5 Å². The molecule has 2 aromatic carbocycles. The highest BCUT2D eigenvalue weighted by Gasteiger charge is 2.31. The molecular weight excluding hydrogens is 395 g/mol. The fourth-order valence-corrected chi connectivity index (χ4v) is 2.67. The molecule has 0 spiro atoms. The van der Waals surface area contributed by atoms with E-state index in [1.54, 1.807) is 6.07 Å². The minimum absolute atomic E-state index is 0.0469. The van der Waals surface area contributed by atoms with Crippen molar-refractivity contribution in [2.45, 2.75) is 12.8 Å². The van der Waals surface area contributed by atoms with Crippen LogP contribution in [0.15, 0.2) is 42.5 Å². The second-order valence-electron chi connectivity index (χ2n) is 5.34. The number of hydrogen-bond acceptors (Lipinski definition) is 4. The van der Waals surface area contributed by atoms with Crippen molar-refractivity contribution in [3.63, 3.8) is 0 Å². The number of benzene rings is 2. The molecule has 0 bridgehead atoms. The number of carbonyl (C=O) groups is 1. The van der Waals surface area contributed by atoms with E-state index in [0.29, 0.717) is 5.56 Å². The van der Waals surface area contributed by atoms with Crippen LogP contribution in [0.3, 0.4) is 0 Å². The lowest BCUT2D eigenvalue weighted by Gasteiger charge is -2.12. The summed E-state index contributed by atoms with van der Waals surface area (Å²) < 4.78 is 67.2. The van der Waals surface area contributed by atoms with Gasteiger partial charge in [0.1, 0.15) is 12.4 Å². The average Bonchev–Trinajstić information content (AvgIpc) is 2.51. The number of hydrogen-bond donors (Lipinski definition) is 1. The molecule has 0 unspecified atom stereocenters. The molecule has 2 aromatic rings. The van der Waals surface area contributed by atoms with Gasteiger partial charge in [0.2, 0.25) is 10.0 Å². The zero-order valence-electron chi connectivity index (χ0n) is 13.3. The Morgan fingerprint density at radius 1 is 1.19 bits per heavy atom. The lowest BCUT2D eigenvalue weighted by atomic mass is 10.1. The lowest BCUT2D eigenvalue weighted by molar-refractivity contribution is -0.137. The minimum Gasteiger partial charge on any atom is -0.487 e. The van der Waals surface area contributed by atoms with Gasteiger partial charge in [-0.2, -0.15) is 13.2 Å². The molecule has 10 heteroatoms. The molecule has 0 heterocycles. The number of amides is 1. The monoisotopic (exact) mass is 407 g/mol. The smallest absolute Gasteiger partial charge is 0.416 e. The minimum atomic E-state index is -4.51. The number of halogens is 4. The fraction of sp³-hybridized carbons (Fsp3) is 0.188. The van der Waals surface area contributed by atoms with E-state index in [1.807, 2.05) is 4.72 Å². The summed E-state index contributed by atoms with van der Waals surface area (Å²) in [5.74, 6) is -0.757. The van der Waals surface area contributed by atoms with Crippen LogP contribution in [0.5, 0.6) is 5.75 Å². The van der Waals surface area contributed by atoms with E-state index < -0.39 is 27.7 Å². The molecule has 0 saturated heterocycles. The van der Waals surface area contributed by atoms with Crippen molar-refractivity contribution in [3.05, 3.63) is 64.2 Å². The van der Waals surface area contributed by atoms with E-state index >= 15 is 0 Å². The molecule has 1 N–H and O–H groups in total. The van der Waals surface area contributed by atoms with Crippen molar-refractivity contribution in [2.24, 2.45) is 0 Å². The largest absolute Gasteiger partial charge is 0.487 e. The summed E-state index contributed by atoms with van der Waals surface area (Å²) in [5.41, 5.74) is -0.300. The second kappa shape index (κ2) is 7.55. The Balaban J connectivity index is 2.11. The van der Waals surface area contributed by atoms with Gasteiger partial charge in [-0.3, -0.25) is 4.79 Å². The van der Waals surface area contributed by atoms with E-state index in [1.165, 1.54) is 18.2 Å². The summed E-state index contributed by atoms with van der Waals surface area (Å²) in [7, 11) is -3.70. The normalized spacial score (nSPS) is 11.9. The molecule has 0 fully saturated rings. The van der Waals surface area contributed by atoms with Gasteiger partial charge in [0.15, 0.2) is 0 Å². The molecule has 1 amide bonds. The Kier molecular flexibility index (Phi) is 5.82. The maximum atomic E-state index is 12.6. The standard InChI is InChI=1S/C16H13ClF3NO4S/c1-26(23,24)21-15(22)11-4-2-3-10(7-11)9-25-14-6-5-12(8-13(14)17)16(18,19)20/h2-8H,9H2,1H3,(H,21,22). The van der Waals surface area contributed by atoms with Gasteiger partial charge in [0.05, 0.1) is 16.8 Å². The molecule has 0 aliphatic rings. The van der Waals surface area contributed by atoms with Crippen LogP contribution < -0.4 is 9.46 Å². The molecule has 0 radical (unpaired) electrons. The fourth-order valence-electron chi connectivity index (χ4n) is 1.98. The molecule has 0 atom stereocenters. The summed E-state index contributed by atoms with van der Waals surface area (Å²) in [6.07, 6.45) is -3.66. The molecule has 140 valence electrons. The third-order valence-electron chi connectivity index (χ3n) is 3.12. The number of nitrogens with one attached hydrogen (secondary N) is 1. The van der Waals surface area contributed by atoms with Crippen LogP contribution in [0.25, 0.3) is 0 Å². The molecule has 0 aliphatic carbocycles. The van der Waals surface area contributed by atoms with Gasteiger partial charge >= 0.3 is 6.18 Å². The highest BCUT2D eigenvalue weighted by molar-refractivity contribution is 7.89. The van der Waals surface area contributed by atoms with Gasteiger partial charge < -0.3 is 4.74 Å². The predicted molar refractivity (Wildman–Crippen MR) is 89.5 cm³/mol. The highest BCUT2D eigenvalue weighted by atomic mass is 35.5. The molecule has 0 aliphatic heterocycles. The van der Waals surface area contributed by atoms with Crippen LogP contribution >= 0.6 is 11.6 Å². The van der Waals surface area contributed by atoms with Gasteiger partial charge in [-0.05, 0) is 35.9 Å². The Labute approximate surface area is 152 Å². The third-order valence-corrected chi connectivity index (χ3v) is 3.97. The van der Waals surface area contributed by atoms with E-state index in [0.717, 1.165) is 24.5 Å². The van der Waals surface area contributed by atoms with Crippen LogP contribution in [-0.4, -0.2) is 20.6 Å². The zero-order chi connectivity index (χ0) is 19.5. The van der Waals surface area contributed by atoms with Crippen molar-refractivity contribution in [1.29, 1.82) is 0 Å². The Bertz CT molecular complexity index is 929. The van der Waals surface area contributed by atoms with Gasteiger partial charge in [-0.25, -0.2) is 13.1 Å². The molecule has 0 aromatic heterocycles. The van der Waals surface area contributed by atoms with Crippen molar-refractivity contribution in [2.75, 3.05) is 6.26 Å². The van der Waals surface area contributed by atoms with Gasteiger partial charge in [0, 0.05) is 5.56 Å². The van der Waals surface area contributed by atoms with Crippen molar-refractivity contribution < 1.29 is 31.1 Å². The molecular formula is C16H13ClF3NO4S.